The summed E-state index contributed by atoms with van der Waals surface area (Å²) in [6.07, 6.45) is 0. The standard InChI is InChI=1S/C55H39N3/c1-38-15-11-13-23-51(38)58-52-24-14-12-22-47(52)48-36-41(29-34-55(48)58)42-28-33-54-50(37-42)49-35-40(27-32-53(49)57(54)45-20-9-4-10-21-45)39-25-30-46(31-26-39)56(43-16-5-2-6-17-43)44-18-7-3-8-19-44/h2-37H,1H3. The van der Waals surface area contributed by atoms with Crippen LogP contribution in [-0.2, 0) is 0 Å². The molecule has 0 atom stereocenters. The van der Waals surface area contributed by atoms with E-state index in [4.69, 9.17) is 0 Å². The highest BCUT2D eigenvalue weighted by atomic mass is 15.1. The van der Waals surface area contributed by atoms with E-state index in [9.17, 15) is 0 Å². The van der Waals surface area contributed by atoms with Crippen molar-refractivity contribution in [3.63, 3.8) is 0 Å². The Morgan fingerprint density at radius 2 is 0.724 bits per heavy atom. The summed E-state index contributed by atoms with van der Waals surface area (Å²) in [6, 6.07) is 79.1. The Bertz CT molecular complexity index is 3230. The molecule has 11 aromatic rings. The third kappa shape index (κ3) is 5.59. The first-order chi connectivity index (χ1) is 28.7. The molecule has 0 aliphatic rings. The van der Waals surface area contributed by atoms with Crippen molar-refractivity contribution < 1.29 is 0 Å². The zero-order valence-electron chi connectivity index (χ0n) is 32.1. The second-order valence-electron chi connectivity index (χ2n) is 15.1. The van der Waals surface area contributed by atoms with Gasteiger partial charge in [0.15, 0.2) is 0 Å². The van der Waals surface area contributed by atoms with Gasteiger partial charge in [0, 0.05) is 50.0 Å². The molecule has 0 unspecified atom stereocenters. The van der Waals surface area contributed by atoms with Crippen molar-refractivity contribution >= 4 is 60.7 Å². The molecule has 0 N–H and O–H groups in total. The minimum atomic E-state index is 1.12. The number of rotatable bonds is 7. The van der Waals surface area contributed by atoms with Crippen LogP contribution in [0, 0.1) is 6.92 Å². The molecule has 2 aromatic heterocycles. The van der Waals surface area contributed by atoms with Gasteiger partial charge in [-0.1, -0.05) is 121 Å². The second-order valence-corrected chi connectivity index (χ2v) is 15.1. The van der Waals surface area contributed by atoms with Crippen molar-refractivity contribution in [1.82, 2.24) is 9.13 Å². The lowest BCUT2D eigenvalue weighted by Crippen LogP contribution is -2.09. The summed E-state index contributed by atoms with van der Waals surface area (Å²) in [7, 11) is 0. The van der Waals surface area contributed by atoms with Crippen LogP contribution in [0.5, 0.6) is 0 Å². The summed E-state index contributed by atoms with van der Waals surface area (Å²) in [5.74, 6) is 0. The van der Waals surface area contributed by atoms with Crippen LogP contribution in [0.1, 0.15) is 5.56 Å². The summed E-state index contributed by atoms with van der Waals surface area (Å²) in [4.78, 5) is 2.31. The molecule has 0 amide bonds. The van der Waals surface area contributed by atoms with E-state index in [2.05, 4.69) is 239 Å². The zero-order chi connectivity index (χ0) is 38.6. The van der Waals surface area contributed by atoms with Crippen molar-refractivity contribution in [2.45, 2.75) is 6.92 Å². The monoisotopic (exact) mass is 741 g/mol. The predicted molar refractivity (Wildman–Crippen MR) is 245 cm³/mol. The normalized spacial score (nSPS) is 11.5. The van der Waals surface area contributed by atoms with Crippen LogP contribution in [0.25, 0.3) is 77.2 Å². The highest BCUT2D eigenvalue weighted by Crippen LogP contribution is 2.41. The van der Waals surface area contributed by atoms with Gasteiger partial charge in [0.1, 0.15) is 0 Å². The molecule has 0 aliphatic carbocycles. The Labute approximate surface area is 337 Å². The van der Waals surface area contributed by atoms with E-state index in [1.54, 1.807) is 0 Å². The maximum atomic E-state index is 2.41. The smallest absolute Gasteiger partial charge is 0.0541 e. The van der Waals surface area contributed by atoms with E-state index < -0.39 is 0 Å². The number of nitrogens with zero attached hydrogens (tertiary/aromatic N) is 3. The van der Waals surface area contributed by atoms with Crippen LogP contribution in [0.2, 0.25) is 0 Å². The first-order valence-corrected chi connectivity index (χ1v) is 19.9. The molecule has 0 spiro atoms. The van der Waals surface area contributed by atoms with Crippen molar-refractivity contribution in [1.29, 1.82) is 0 Å². The highest BCUT2D eigenvalue weighted by molar-refractivity contribution is 6.13. The topological polar surface area (TPSA) is 13.1 Å². The Morgan fingerprint density at radius 1 is 0.310 bits per heavy atom. The summed E-state index contributed by atoms with van der Waals surface area (Å²) < 4.78 is 4.81. The lowest BCUT2D eigenvalue weighted by Gasteiger charge is -2.25. The van der Waals surface area contributed by atoms with Gasteiger partial charge in [0.25, 0.3) is 0 Å². The molecule has 0 bridgehead atoms. The average Bonchev–Trinajstić information content (AvgIpc) is 3.79. The largest absolute Gasteiger partial charge is 0.311 e. The van der Waals surface area contributed by atoms with E-state index in [1.807, 2.05) is 0 Å². The van der Waals surface area contributed by atoms with Crippen LogP contribution in [0.4, 0.5) is 17.1 Å². The summed E-state index contributed by atoms with van der Waals surface area (Å²) >= 11 is 0. The first-order valence-electron chi connectivity index (χ1n) is 19.9. The second kappa shape index (κ2) is 13.8. The van der Waals surface area contributed by atoms with Crippen LogP contribution >= 0.6 is 0 Å². The quantitative estimate of drug-likeness (QED) is 0.159. The lowest BCUT2D eigenvalue weighted by molar-refractivity contribution is 1.15. The molecule has 9 aromatic carbocycles. The van der Waals surface area contributed by atoms with Crippen LogP contribution < -0.4 is 4.90 Å². The molecule has 2 heterocycles. The fourth-order valence-electron chi connectivity index (χ4n) is 8.87. The minimum absolute atomic E-state index is 1.12. The molecule has 0 fully saturated rings. The molecule has 58 heavy (non-hydrogen) atoms. The van der Waals surface area contributed by atoms with E-state index in [-0.39, 0.29) is 0 Å². The van der Waals surface area contributed by atoms with Gasteiger partial charge in [-0.2, -0.15) is 0 Å². The first kappa shape index (κ1) is 33.7. The number of hydrogen-bond acceptors (Lipinski definition) is 1. The molecular formula is C55H39N3. The number of benzene rings is 9. The predicted octanol–water partition coefficient (Wildman–Crippen LogP) is 15.0. The average molecular weight is 742 g/mol. The Balaban J connectivity index is 1.05. The van der Waals surface area contributed by atoms with E-state index in [0.29, 0.717) is 0 Å². The van der Waals surface area contributed by atoms with Gasteiger partial charge in [0.05, 0.1) is 22.1 Å². The van der Waals surface area contributed by atoms with Crippen LogP contribution in [0.3, 0.4) is 0 Å². The third-order valence-corrected chi connectivity index (χ3v) is 11.6. The Morgan fingerprint density at radius 3 is 1.31 bits per heavy atom. The number of hydrogen-bond donors (Lipinski definition) is 0. The van der Waals surface area contributed by atoms with Crippen LogP contribution in [0.15, 0.2) is 218 Å². The number of para-hydroxylation sites is 5. The molecule has 3 heteroatoms. The van der Waals surface area contributed by atoms with Crippen molar-refractivity contribution in [2.75, 3.05) is 4.90 Å². The third-order valence-electron chi connectivity index (χ3n) is 11.6. The summed E-state index contributed by atoms with van der Waals surface area (Å²) in [6.45, 7) is 2.19. The van der Waals surface area contributed by atoms with Crippen molar-refractivity contribution in [3.8, 4) is 33.6 Å². The summed E-state index contributed by atoms with van der Waals surface area (Å²) in [5, 5.41) is 4.98. The number of aromatic nitrogens is 2. The molecule has 0 radical (unpaired) electrons. The molecule has 3 nitrogen and oxygen atoms in total. The lowest BCUT2D eigenvalue weighted by atomic mass is 9.99. The maximum Gasteiger partial charge on any atom is 0.0541 e. The molecule has 0 aliphatic heterocycles. The molecular weight excluding hydrogens is 703 g/mol. The zero-order valence-corrected chi connectivity index (χ0v) is 32.1. The fourth-order valence-corrected chi connectivity index (χ4v) is 8.87. The minimum Gasteiger partial charge on any atom is -0.311 e. The summed E-state index contributed by atoms with van der Waals surface area (Å²) in [5.41, 5.74) is 16.6. The fraction of sp³-hybridized carbons (Fsp3) is 0.0182. The molecule has 0 saturated heterocycles. The van der Waals surface area contributed by atoms with Gasteiger partial charge < -0.3 is 14.0 Å². The maximum absolute atomic E-state index is 2.41. The molecule has 11 rings (SSSR count). The Hall–Kier alpha value is -7.62. The molecule has 274 valence electrons. The van der Waals surface area contributed by atoms with Gasteiger partial charge in [-0.25, -0.2) is 0 Å². The van der Waals surface area contributed by atoms with Gasteiger partial charge in [-0.3, -0.25) is 0 Å². The SMILES string of the molecule is Cc1ccccc1-n1c2ccccc2c2cc(-c3ccc4c(c3)c3cc(-c5ccc(N(c6ccccc6)c6ccccc6)cc5)ccc3n4-c3ccccc3)ccc21. The van der Waals surface area contributed by atoms with E-state index in [1.165, 1.54) is 77.1 Å². The van der Waals surface area contributed by atoms with E-state index >= 15 is 0 Å². The van der Waals surface area contributed by atoms with Gasteiger partial charge in [-0.05, 0) is 132 Å². The van der Waals surface area contributed by atoms with Gasteiger partial charge >= 0.3 is 0 Å². The number of anilines is 3. The molecule has 0 saturated carbocycles. The van der Waals surface area contributed by atoms with Gasteiger partial charge in [-0.15, -0.1) is 0 Å². The van der Waals surface area contributed by atoms with E-state index in [0.717, 1.165) is 22.7 Å². The Kier molecular flexibility index (Phi) is 8.04. The number of aryl methyl sites for hydroxylation is 1. The van der Waals surface area contributed by atoms with Crippen molar-refractivity contribution in [2.24, 2.45) is 0 Å². The van der Waals surface area contributed by atoms with Gasteiger partial charge in [0.2, 0.25) is 0 Å². The highest BCUT2D eigenvalue weighted by Gasteiger charge is 2.18. The van der Waals surface area contributed by atoms with Crippen LogP contribution in [-0.4, -0.2) is 9.13 Å². The number of fused-ring (bicyclic) bond motifs is 6. The van der Waals surface area contributed by atoms with Crippen molar-refractivity contribution in [3.05, 3.63) is 224 Å².